The Morgan fingerprint density at radius 2 is 1.95 bits per heavy atom. The second-order valence-electron chi connectivity index (χ2n) is 9.00. The normalized spacial score (nSPS) is 17.7. The van der Waals surface area contributed by atoms with E-state index in [4.69, 9.17) is 22.1 Å². The second-order valence-corrected chi connectivity index (χ2v) is 9.41. The number of hydrogen-bond donors (Lipinski definition) is 2. The molecule has 1 atom stereocenters. The molecule has 37 heavy (non-hydrogen) atoms. The number of amides is 2. The highest BCUT2D eigenvalue weighted by molar-refractivity contribution is 6.32. The van der Waals surface area contributed by atoms with Gasteiger partial charge in [-0.3, -0.25) is 9.59 Å². The molecule has 2 aliphatic rings. The summed E-state index contributed by atoms with van der Waals surface area (Å²) in [5, 5.41) is 3.23. The van der Waals surface area contributed by atoms with Crippen molar-refractivity contribution in [1.82, 2.24) is 15.2 Å². The van der Waals surface area contributed by atoms with Crippen LogP contribution in [-0.2, 0) is 11.2 Å². The van der Waals surface area contributed by atoms with Crippen molar-refractivity contribution in [3.8, 4) is 16.9 Å². The first-order valence-corrected chi connectivity index (χ1v) is 12.0. The fourth-order valence-electron chi connectivity index (χ4n) is 4.42. The highest BCUT2D eigenvalue weighted by atomic mass is 35.5. The molecule has 0 spiro atoms. The SMILES string of the molecule is Nc1ccc(C=CC(=O)NCC2Cc3c(-c4ccccc4C(=O)N4CC(F)(F)C4)ccc(Cl)c3O2)cn1. The van der Waals surface area contributed by atoms with Gasteiger partial charge in [0, 0.05) is 29.8 Å². The van der Waals surface area contributed by atoms with E-state index < -0.39 is 24.9 Å². The molecular weight excluding hydrogens is 502 g/mol. The zero-order valence-corrected chi connectivity index (χ0v) is 20.3. The number of nitrogens with zero attached hydrogens (tertiary/aromatic N) is 2. The number of carbonyl (C=O) groups excluding carboxylic acids is 2. The minimum Gasteiger partial charge on any atom is -0.486 e. The Morgan fingerprint density at radius 1 is 1.16 bits per heavy atom. The average Bonchev–Trinajstić information content (AvgIpc) is 3.31. The number of benzene rings is 2. The summed E-state index contributed by atoms with van der Waals surface area (Å²) in [6.07, 6.45) is 4.66. The van der Waals surface area contributed by atoms with Crippen molar-refractivity contribution in [2.45, 2.75) is 18.4 Å². The fraction of sp³-hybridized carbons (Fsp3) is 0.222. The molecule has 1 fully saturated rings. The summed E-state index contributed by atoms with van der Waals surface area (Å²) in [5.74, 6) is -2.72. The number of rotatable bonds is 6. The van der Waals surface area contributed by atoms with Crippen LogP contribution in [0, 0.1) is 0 Å². The Kier molecular flexibility index (Phi) is 6.55. The molecule has 2 aliphatic heterocycles. The Balaban J connectivity index is 1.30. The molecule has 2 amide bonds. The first-order valence-electron chi connectivity index (χ1n) is 11.6. The maximum atomic E-state index is 13.4. The standard InChI is InChI=1S/C27H23ClF2N4O3/c28-22-8-7-19(18-3-1-2-4-20(18)26(36)34-14-27(29,30)15-34)21-11-17(37-25(21)22)13-33-24(35)10-6-16-5-9-23(31)32-12-16/h1-10,12,17H,11,13-15H2,(H2,31,32)(H,33,35). The molecule has 1 saturated heterocycles. The number of nitrogens with one attached hydrogen (secondary N) is 1. The van der Waals surface area contributed by atoms with Crippen molar-refractivity contribution in [3.63, 3.8) is 0 Å². The van der Waals surface area contributed by atoms with Crippen LogP contribution in [0.1, 0.15) is 21.5 Å². The van der Waals surface area contributed by atoms with Gasteiger partial charge in [0.1, 0.15) is 17.7 Å². The molecule has 0 aliphatic carbocycles. The summed E-state index contributed by atoms with van der Waals surface area (Å²) >= 11 is 6.40. The number of ether oxygens (including phenoxy) is 1. The molecule has 0 saturated carbocycles. The number of likely N-dealkylation sites (tertiary alicyclic amines) is 1. The molecule has 7 nitrogen and oxygen atoms in total. The molecule has 0 radical (unpaired) electrons. The predicted molar refractivity (Wildman–Crippen MR) is 137 cm³/mol. The third-order valence-electron chi connectivity index (χ3n) is 6.25. The number of nitrogen functional groups attached to an aromatic ring is 1. The van der Waals surface area contributed by atoms with Gasteiger partial charge in [0.25, 0.3) is 11.8 Å². The Bertz CT molecular complexity index is 1390. The van der Waals surface area contributed by atoms with Crippen LogP contribution in [0.5, 0.6) is 5.75 Å². The Hall–Kier alpha value is -3.98. The molecule has 2 aromatic carbocycles. The number of aromatic nitrogens is 1. The van der Waals surface area contributed by atoms with Crippen LogP contribution in [-0.4, -0.2) is 53.4 Å². The number of hydrogen-bond acceptors (Lipinski definition) is 5. The van der Waals surface area contributed by atoms with Gasteiger partial charge in [0.05, 0.1) is 24.7 Å². The third-order valence-corrected chi connectivity index (χ3v) is 6.55. The highest BCUT2D eigenvalue weighted by Gasteiger charge is 2.46. The van der Waals surface area contributed by atoms with E-state index in [0.29, 0.717) is 34.1 Å². The Morgan fingerprint density at radius 3 is 2.68 bits per heavy atom. The van der Waals surface area contributed by atoms with Crippen molar-refractivity contribution in [2.24, 2.45) is 0 Å². The van der Waals surface area contributed by atoms with Gasteiger partial charge < -0.3 is 20.7 Å². The van der Waals surface area contributed by atoms with Crippen LogP contribution < -0.4 is 15.8 Å². The lowest BCUT2D eigenvalue weighted by molar-refractivity contribution is -0.116. The minimum atomic E-state index is -2.85. The molecule has 5 rings (SSSR count). The highest BCUT2D eigenvalue weighted by Crippen LogP contribution is 2.43. The summed E-state index contributed by atoms with van der Waals surface area (Å²) in [7, 11) is 0. The van der Waals surface area contributed by atoms with Gasteiger partial charge in [-0.1, -0.05) is 35.9 Å². The third kappa shape index (κ3) is 5.27. The molecular formula is C27H23ClF2N4O3. The predicted octanol–water partition coefficient (Wildman–Crippen LogP) is 4.21. The lowest BCUT2D eigenvalue weighted by Crippen LogP contribution is -2.58. The summed E-state index contributed by atoms with van der Waals surface area (Å²) in [6.45, 7) is -0.947. The molecule has 3 aromatic rings. The summed E-state index contributed by atoms with van der Waals surface area (Å²) in [5.41, 5.74) is 8.78. The second kappa shape index (κ2) is 9.82. The maximum absolute atomic E-state index is 13.4. The lowest BCUT2D eigenvalue weighted by atomic mass is 9.92. The van der Waals surface area contributed by atoms with Crippen LogP contribution in [0.4, 0.5) is 14.6 Å². The summed E-state index contributed by atoms with van der Waals surface area (Å²) < 4.78 is 32.8. The largest absolute Gasteiger partial charge is 0.486 e. The van der Waals surface area contributed by atoms with Crippen LogP contribution in [0.15, 0.2) is 60.8 Å². The van der Waals surface area contributed by atoms with E-state index in [0.717, 1.165) is 21.6 Å². The fourth-order valence-corrected chi connectivity index (χ4v) is 4.64. The van der Waals surface area contributed by atoms with Crippen molar-refractivity contribution < 1.29 is 23.1 Å². The molecule has 10 heteroatoms. The summed E-state index contributed by atoms with van der Waals surface area (Å²) in [6, 6.07) is 13.8. The Labute approximate surface area is 216 Å². The maximum Gasteiger partial charge on any atom is 0.282 e. The van der Waals surface area contributed by atoms with E-state index in [1.165, 1.54) is 6.08 Å². The number of halogens is 3. The number of pyridine rings is 1. The van der Waals surface area contributed by atoms with E-state index in [1.54, 1.807) is 60.8 Å². The van der Waals surface area contributed by atoms with E-state index >= 15 is 0 Å². The van der Waals surface area contributed by atoms with E-state index in [9.17, 15) is 18.4 Å². The first kappa shape index (κ1) is 24.7. The number of alkyl halides is 2. The van der Waals surface area contributed by atoms with Gasteiger partial charge in [-0.2, -0.15) is 0 Å². The van der Waals surface area contributed by atoms with Crippen molar-refractivity contribution in [1.29, 1.82) is 0 Å². The molecule has 1 unspecified atom stereocenters. The molecule has 3 heterocycles. The summed E-state index contributed by atoms with van der Waals surface area (Å²) in [4.78, 5) is 30.4. The molecule has 190 valence electrons. The van der Waals surface area contributed by atoms with Crippen LogP contribution in [0.2, 0.25) is 5.02 Å². The zero-order chi connectivity index (χ0) is 26.2. The minimum absolute atomic E-state index is 0.233. The van der Waals surface area contributed by atoms with Gasteiger partial charge in [-0.15, -0.1) is 0 Å². The van der Waals surface area contributed by atoms with Crippen molar-refractivity contribution in [3.05, 3.63) is 82.5 Å². The quantitative estimate of drug-likeness (QED) is 0.471. The smallest absolute Gasteiger partial charge is 0.282 e. The van der Waals surface area contributed by atoms with Gasteiger partial charge in [0.2, 0.25) is 5.91 Å². The molecule has 3 N–H and O–H groups in total. The van der Waals surface area contributed by atoms with Crippen LogP contribution in [0.25, 0.3) is 17.2 Å². The number of carbonyl (C=O) groups is 2. The van der Waals surface area contributed by atoms with Crippen molar-refractivity contribution >= 4 is 35.3 Å². The van der Waals surface area contributed by atoms with Crippen LogP contribution >= 0.6 is 11.6 Å². The molecule has 1 aromatic heterocycles. The topological polar surface area (TPSA) is 97.5 Å². The van der Waals surface area contributed by atoms with Crippen molar-refractivity contribution in [2.75, 3.05) is 25.4 Å². The molecule has 0 bridgehead atoms. The van der Waals surface area contributed by atoms with E-state index in [2.05, 4.69) is 10.3 Å². The van der Waals surface area contributed by atoms with Gasteiger partial charge in [-0.05, 0) is 47.0 Å². The average molecular weight is 525 g/mol. The van der Waals surface area contributed by atoms with Crippen LogP contribution in [0.3, 0.4) is 0 Å². The zero-order valence-electron chi connectivity index (χ0n) is 19.6. The lowest BCUT2D eigenvalue weighted by Gasteiger charge is -2.39. The number of fused-ring (bicyclic) bond motifs is 1. The van der Waals surface area contributed by atoms with E-state index in [1.807, 2.05) is 0 Å². The van der Waals surface area contributed by atoms with Gasteiger partial charge in [-0.25, -0.2) is 13.8 Å². The number of nitrogens with two attached hydrogens (primary N) is 1. The van der Waals surface area contributed by atoms with Gasteiger partial charge >= 0.3 is 0 Å². The first-order chi connectivity index (χ1) is 17.7. The monoisotopic (exact) mass is 524 g/mol. The van der Waals surface area contributed by atoms with Gasteiger partial charge in [0.15, 0.2) is 0 Å². The number of anilines is 1. The van der Waals surface area contributed by atoms with E-state index in [-0.39, 0.29) is 18.6 Å².